The summed E-state index contributed by atoms with van der Waals surface area (Å²) < 4.78 is 13.3. The van der Waals surface area contributed by atoms with E-state index in [9.17, 15) is 9.18 Å². The van der Waals surface area contributed by atoms with Crippen molar-refractivity contribution in [1.82, 2.24) is 0 Å². The van der Waals surface area contributed by atoms with Crippen LogP contribution in [0.3, 0.4) is 0 Å². The van der Waals surface area contributed by atoms with Crippen LogP contribution in [0.2, 0.25) is 0 Å². The Morgan fingerprint density at radius 1 is 1.09 bits per heavy atom. The van der Waals surface area contributed by atoms with Crippen LogP contribution in [0.5, 0.6) is 0 Å². The fourth-order valence-electron chi connectivity index (χ4n) is 2.57. The third kappa shape index (κ3) is 4.42. The van der Waals surface area contributed by atoms with Crippen molar-refractivity contribution in [3.63, 3.8) is 0 Å². The van der Waals surface area contributed by atoms with Crippen molar-refractivity contribution in [2.45, 2.75) is 26.7 Å². The summed E-state index contributed by atoms with van der Waals surface area (Å²) in [7, 11) is 0. The SMILES string of the molecule is CC(C)C(CC(=O)O)Cc1ccc(-c2cccc(F)c2)cc1. The largest absolute Gasteiger partial charge is 0.481 e. The maximum absolute atomic E-state index is 13.3. The molecule has 0 aliphatic heterocycles. The lowest BCUT2D eigenvalue weighted by molar-refractivity contribution is -0.138. The highest BCUT2D eigenvalue weighted by Crippen LogP contribution is 2.24. The average Bonchev–Trinajstić information content (AvgIpc) is 2.47. The lowest BCUT2D eigenvalue weighted by Gasteiger charge is -2.19. The Morgan fingerprint density at radius 3 is 2.32 bits per heavy atom. The highest BCUT2D eigenvalue weighted by Gasteiger charge is 2.17. The topological polar surface area (TPSA) is 37.3 Å². The molecule has 0 saturated heterocycles. The van der Waals surface area contributed by atoms with Gasteiger partial charge in [0.1, 0.15) is 5.82 Å². The molecule has 0 amide bonds. The number of rotatable bonds is 6. The summed E-state index contributed by atoms with van der Waals surface area (Å²) in [6.45, 7) is 4.10. The number of carboxylic acid groups (broad SMARTS) is 1. The van der Waals surface area contributed by atoms with Gasteiger partial charge in [-0.3, -0.25) is 4.79 Å². The maximum Gasteiger partial charge on any atom is 0.303 e. The zero-order valence-electron chi connectivity index (χ0n) is 12.9. The van der Waals surface area contributed by atoms with Gasteiger partial charge in [0, 0.05) is 6.42 Å². The molecule has 0 saturated carbocycles. The monoisotopic (exact) mass is 300 g/mol. The first kappa shape index (κ1) is 16.2. The lowest BCUT2D eigenvalue weighted by Crippen LogP contribution is -2.16. The molecule has 1 unspecified atom stereocenters. The summed E-state index contributed by atoms with van der Waals surface area (Å²) in [6, 6.07) is 14.4. The first-order valence-corrected chi connectivity index (χ1v) is 7.52. The van der Waals surface area contributed by atoms with Gasteiger partial charge in [-0.1, -0.05) is 50.2 Å². The predicted octanol–water partition coefficient (Wildman–Crippen LogP) is 4.78. The summed E-state index contributed by atoms with van der Waals surface area (Å²) in [6.07, 6.45) is 0.927. The quantitative estimate of drug-likeness (QED) is 0.833. The van der Waals surface area contributed by atoms with Crippen LogP contribution in [0.1, 0.15) is 25.8 Å². The summed E-state index contributed by atoms with van der Waals surface area (Å²) >= 11 is 0. The van der Waals surface area contributed by atoms with E-state index >= 15 is 0 Å². The minimum Gasteiger partial charge on any atom is -0.481 e. The Hall–Kier alpha value is -2.16. The van der Waals surface area contributed by atoms with Crippen LogP contribution in [0.25, 0.3) is 11.1 Å². The Kier molecular flexibility index (Phi) is 5.31. The Labute approximate surface area is 130 Å². The van der Waals surface area contributed by atoms with Gasteiger partial charge in [-0.15, -0.1) is 0 Å². The number of halogens is 1. The van der Waals surface area contributed by atoms with Crippen LogP contribution >= 0.6 is 0 Å². The molecule has 0 heterocycles. The van der Waals surface area contributed by atoms with Crippen molar-refractivity contribution >= 4 is 5.97 Å². The Balaban J connectivity index is 2.13. The summed E-state index contributed by atoms with van der Waals surface area (Å²) in [5.41, 5.74) is 2.92. The summed E-state index contributed by atoms with van der Waals surface area (Å²) in [4.78, 5) is 10.9. The van der Waals surface area contributed by atoms with Crippen LogP contribution < -0.4 is 0 Å². The molecule has 0 bridgehead atoms. The van der Waals surface area contributed by atoms with E-state index in [1.807, 2.05) is 30.3 Å². The van der Waals surface area contributed by atoms with E-state index in [-0.39, 0.29) is 18.2 Å². The van der Waals surface area contributed by atoms with Gasteiger partial charge in [0.05, 0.1) is 0 Å². The minimum atomic E-state index is -0.755. The standard InChI is InChI=1S/C19H21FO2/c1-13(2)17(12-19(21)22)10-14-6-8-15(9-7-14)16-4-3-5-18(20)11-16/h3-9,11,13,17H,10,12H2,1-2H3,(H,21,22). The minimum absolute atomic E-state index is 0.123. The van der Waals surface area contributed by atoms with Crippen LogP contribution in [-0.2, 0) is 11.2 Å². The molecular formula is C19H21FO2. The van der Waals surface area contributed by atoms with Crippen molar-refractivity contribution in [3.05, 3.63) is 59.9 Å². The molecule has 2 aromatic carbocycles. The number of benzene rings is 2. The molecule has 0 aliphatic carbocycles. The molecule has 2 aromatic rings. The zero-order valence-corrected chi connectivity index (χ0v) is 12.9. The molecule has 116 valence electrons. The van der Waals surface area contributed by atoms with Gasteiger partial charge in [-0.25, -0.2) is 4.39 Å². The molecule has 2 nitrogen and oxygen atoms in total. The Morgan fingerprint density at radius 2 is 1.77 bits per heavy atom. The van der Waals surface area contributed by atoms with E-state index < -0.39 is 5.97 Å². The van der Waals surface area contributed by atoms with Gasteiger partial charge in [0.2, 0.25) is 0 Å². The van der Waals surface area contributed by atoms with E-state index in [1.54, 1.807) is 6.07 Å². The average molecular weight is 300 g/mol. The van der Waals surface area contributed by atoms with E-state index in [0.717, 1.165) is 23.1 Å². The van der Waals surface area contributed by atoms with E-state index in [1.165, 1.54) is 12.1 Å². The maximum atomic E-state index is 13.3. The number of carbonyl (C=O) groups is 1. The third-order valence-corrected chi connectivity index (χ3v) is 3.99. The molecule has 0 aromatic heterocycles. The second kappa shape index (κ2) is 7.21. The number of hydrogen-bond acceptors (Lipinski definition) is 1. The summed E-state index contributed by atoms with van der Waals surface area (Å²) in [5, 5.41) is 8.99. The van der Waals surface area contributed by atoms with E-state index in [0.29, 0.717) is 5.92 Å². The molecule has 1 atom stereocenters. The molecule has 2 rings (SSSR count). The molecule has 22 heavy (non-hydrogen) atoms. The van der Waals surface area contributed by atoms with Gasteiger partial charge in [0.25, 0.3) is 0 Å². The van der Waals surface area contributed by atoms with Crippen LogP contribution in [0.15, 0.2) is 48.5 Å². The van der Waals surface area contributed by atoms with Crippen molar-refractivity contribution in [1.29, 1.82) is 0 Å². The molecular weight excluding hydrogens is 279 g/mol. The first-order valence-electron chi connectivity index (χ1n) is 7.52. The van der Waals surface area contributed by atoms with Crippen LogP contribution in [0, 0.1) is 17.7 Å². The molecule has 0 aliphatic rings. The molecule has 0 spiro atoms. The molecule has 0 fully saturated rings. The van der Waals surface area contributed by atoms with Crippen molar-refractivity contribution < 1.29 is 14.3 Å². The fourth-order valence-corrected chi connectivity index (χ4v) is 2.57. The van der Waals surface area contributed by atoms with Crippen LogP contribution in [0.4, 0.5) is 4.39 Å². The van der Waals surface area contributed by atoms with E-state index in [4.69, 9.17) is 5.11 Å². The number of hydrogen-bond donors (Lipinski definition) is 1. The fraction of sp³-hybridized carbons (Fsp3) is 0.316. The lowest BCUT2D eigenvalue weighted by atomic mass is 9.86. The highest BCUT2D eigenvalue weighted by atomic mass is 19.1. The molecule has 3 heteroatoms. The first-order chi connectivity index (χ1) is 10.5. The number of carboxylic acids is 1. The van der Waals surface area contributed by atoms with Crippen molar-refractivity contribution in [2.75, 3.05) is 0 Å². The van der Waals surface area contributed by atoms with Gasteiger partial charge >= 0.3 is 5.97 Å². The second-order valence-electron chi connectivity index (χ2n) is 6.01. The molecule has 0 radical (unpaired) electrons. The third-order valence-electron chi connectivity index (χ3n) is 3.99. The zero-order chi connectivity index (χ0) is 16.1. The summed E-state index contributed by atoms with van der Waals surface area (Å²) in [5.74, 6) is -0.561. The van der Waals surface area contributed by atoms with Gasteiger partial charge in [-0.05, 0) is 47.1 Å². The highest BCUT2D eigenvalue weighted by molar-refractivity contribution is 5.67. The number of aliphatic carboxylic acids is 1. The van der Waals surface area contributed by atoms with Gasteiger partial charge < -0.3 is 5.11 Å². The van der Waals surface area contributed by atoms with Crippen LogP contribution in [-0.4, -0.2) is 11.1 Å². The smallest absolute Gasteiger partial charge is 0.303 e. The molecule has 1 N–H and O–H groups in total. The van der Waals surface area contributed by atoms with Crippen molar-refractivity contribution in [2.24, 2.45) is 11.8 Å². The second-order valence-corrected chi connectivity index (χ2v) is 6.01. The van der Waals surface area contributed by atoms with Gasteiger partial charge in [0.15, 0.2) is 0 Å². The van der Waals surface area contributed by atoms with Gasteiger partial charge in [-0.2, -0.15) is 0 Å². The van der Waals surface area contributed by atoms with Crippen molar-refractivity contribution in [3.8, 4) is 11.1 Å². The normalized spacial score (nSPS) is 12.4. The predicted molar refractivity (Wildman–Crippen MR) is 86.1 cm³/mol. The van der Waals surface area contributed by atoms with E-state index in [2.05, 4.69) is 13.8 Å². The Bertz CT molecular complexity index is 632.